The first-order chi connectivity index (χ1) is 17.3. The van der Waals surface area contributed by atoms with Crippen molar-refractivity contribution in [2.45, 2.75) is 64.8 Å². The van der Waals surface area contributed by atoms with Gasteiger partial charge in [0.25, 0.3) is 0 Å². The Morgan fingerprint density at radius 2 is 1.46 bits per heavy atom. The molecule has 4 rings (SSSR count). The van der Waals surface area contributed by atoms with Crippen molar-refractivity contribution >= 4 is 23.2 Å². The number of hydrogen-bond donors (Lipinski definition) is 0. The summed E-state index contributed by atoms with van der Waals surface area (Å²) in [6.07, 6.45) is 12.4. The number of para-hydroxylation sites is 2. The van der Waals surface area contributed by atoms with Gasteiger partial charge in [0.2, 0.25) is 5.95 Å². The maximum atomic E-state index is 5.93. The number of ether oxygens (including phenoxy) is 1. The van der Waals surface area contributed by atoms with Gasteiger partial charge in [0.15, 0.2) is 0 Å². The molecule has 0 saturated carbocycles. The molecule has 4 nitrogen and oxygen atoms in total. The number of nitrogens with zero attached hydrogens (tertiary/aromatic N) is 3. The lowest BCUT2D eigenvalue weighted by atomic mass is 10.1. The fraction of sp³-hybridized carbons (Fsp3) is 0.355. The van der Waals surface area contributed by atoms with E-state index in [1.165, 1.54) is 50.5 Å². The Balaban J connectivity index is 1.31. The first-order valence-corrected chi connectivity index (χ1v) is 13.1. The summed E-state index contributed by atoms with van der Waals surface area (Å²) in [5, 5.41) is 0. The summed E-state index contributed by atoms with van der Waals surface area (Å²) in [7, 11) is 0. The SMILES string of the molecule is CCCCCCCCCCOc1ccc(/C=N/c2nc3ccccc3n2Cc2ccccc2)cc1. The van der Waals surface area contributed by atoms with E-state index in [9.17, 15) is 0 Å². The first kappa shape index (κ1) is 24.7. The van der Waals surface area contributed by atoms with Crippen LogP contribution in [0.25, 0.3) is 11.0 Å². The van der Waals surface area contributed by atoms with Gasteiger partial charge in [-0.05, 0) is 53.9 Å². The van der Waals surface area contributed by atoms with E-state index in [-0.39, 0.29) is 0 Å². The van der Waals surface area contributed by atoms with Crippen molar-refractivity contribution in [1.29, 1.82) is 0 Å². The molecule has 0 aliphatic heterocycles. The van der Waals surface area contributed by atoms with Crippen LogP contribution in [0.5, 0.6) is 5.75 Å². The maximum absolute atomic E-state index is 5.93. The third kappa shape index (κ3) is 7.54. The second-order valence-electron chi connectivity index (χ2n) is 9.12. The van der Waals surface area contributed by atoms with Gasteiger partial charge in [-0.15, -0.1) is 0 Å². The Kier molecular flexibility index (Phi) is 9.52. The van der Waals surface area contributed by atoms with Crippen LogP contribution in [0.4, 0.5) is 5.95 Å². The van der Waals surface area contributed by atoms with Crippen molar-refractivity contribution in [1.82, 2.24) is 9.55 Å². The van der Waals surface area contributed by atoms with Gasteiger partial charge in [0, 0.05) is 6.21 Å². The lowest BCUT2D eigenvalue weighted by Gasteiger charge is -2.07. The van der Waals surface area contributed by atoms with Crippen LogP contribution < -0.4 is 4.74 Å². The van der Waals surface area contributed by atoms with Crippen molar-refractivity contribution in [3.63, 3.8) is 0 Å². The molecular formula is C31H37N3O. The van der Waals surface area contributed by atoms with Gasteiger partial charge in [0.1, 0.15) is 5.75 Å². The normalized spacial score (nSPS) is 11.5. The summed E-state index contributed by atoms with van der Waals surface area (Å²) in [6, 6.07) is 26.8. The molecule has 0 N–H and O–H groups in total. The van der Waals surface area contributed by atoms with E-state index in [0.29, 0.717) is 5.95 Å². The third-order valence-corrected chi connectivity index (χ3v) is 6.29. The largest absolute Gasteiger partial charge is 0.494 e. The number of rotatable bonds is 14. The summed E-state index contributed by atoms with van der Waals surface area (Å²) >= 11 is 0. The topological polar surface area (TPSA) is 39.4 Å². The number of aliphatic imine (C=N–C) groups is 1. The Bertz CT molecular complexity index is 1180. The lowest BCUT2D eigenvalue weighted by molar-refractivity contribution is 0.304. The smallest absolute Gasteiger partial charge is 0.230 e. The molecule has 35 heavy (non-hydrogen) atoms. The van der Waals surface area contributed by atoms with Crippen LogP contribution in [0.2, 0.25) is 0 Å². The highest BCUT2D eigenvalue weighted by atomic mass is 16.5. The minimum atomic E-state index is 0.713. The van der Waals surface area contributed by atoms with Crippen LogP contribution in [0.3, 0.4) is 0 Å². The van der Waals surface area contributed by atoms with E-state index in [1.807, 2.05) is 42.6 Å². The minimum absolute atomic E-state index is 0.713. The van der Waals surface area contributed by atoms with Gasteiger partial charge >= 0.3 is 0 Å². The predicted molar refractivity (Wildman–Crippen MR) is 147 cm³/mol. The zero-order valence-corrected chi connectivity index (χ0v) is 20.9. The molecule has 0 fully saturated rings. The molecule has 0 unspecified atom stereocenters. The van der Waals surface area contributed by atoms with E-state index in [4.69, 9.17) is 14.7 Å². The van der Waals surface area contributed by atoms with Gasteiger partial charge < -0.3 is 9.30 Å². The average Bonchev–Trinajstić information content (AvgIpc) is 3.25. The zero-order chi connectivity index (χ0) is 24.1. The highest BCUT2D eigenvalue weighted by Crippen LogP contribution is 2.23. The van der Waals surface area contributed by atoms with Gasteiger partial charge in [-0.25, -0.2) is 9.98 Å². The summed E-state index contributed by atoms with van der Waals surface area (Å²) in [5.74, 6) is 1.63. The third-order valence-electron chi connectivity index (χ3n) is 6.29. The number of unbranched alkanes of at least 4 members (excludes halogenated alkanes) is 7. The van der Waals surface area contributed by atoms with E-state index in [2.05, 4.69) is 54.0 Å². The van der Waals surface area contributed by atoms with Gasteiger partial charge in [-0.2, -0.15) is 0 Å². The minimum Gasteiger partial charge on any atom is -0.494 e. The molecule has 0 bridgehead atoms. The summed E-state index contributed by atoms with van der Waals surface area (Å²) in [4.78, 5) is 9.52. The predicted octanol–water partition coefficient (Wildman–Crippen LogP) is 8.35. The molecule has 0 spiro atoms. The molecule has 1 aromatic heterocycles. The fourth-order valence-corrected chi connectivity index (χ4v) is 4.29. The van der Waals surface area contributed by atoms with Crippen LogP contribution in [0.1, 0.15) is 69.4 Å². The van der Waals surface area contributed by atoms with Crippen LogP contribution in [0.15, 0.2) is 83.9 Å². The molecule has 182 valence electrons. The molecule has 0 radical (unpaired) electrons. The summed E-state index contributed by atoms with van der Waals surface area (Å²) in [5.41, 5.74) is 4.31. The fourth-order valence-electron chi connectivity index (χ4n) is 4.29. The van der Waals surface area contributed by atoms with Crippen LogP contribution in [0, 0.1) is 0 Å². The molecular weight excluding hydrogens is 430 g/mol. The lowest BCUT2D eigenvalue weighted by Crippen LogP contribution is -1.99. The van der Waals surface area contributed by atoms with Crippen molar-refractivity contribution in [3.05, 3.63) is 90.0 Å². The number of hydrogen-bond acceptors (Lipinski definition) is 3. The van der Waals surface area contributed by atoms with Gasteiger partial charge in [0.05, 0.1) is 24.2 Å². The van der Waals surface area contributed by atoms with E-state index in [0.717, 1.165) is 41.9 Å². The molecule has 0 amide bonds. The van der Waals surface area contributed by atoms with E-state index in [1.54, 1.807) is 0 Å². The zero-order valence-electron chi connectivity index (χ0n) is 20.9. The second kappa shape index (κ2) is 13.5. The van der Waals surface area contributed by atoms with Crippen molar-refractivity contribution in [2.75, 3.05) is 6.61 Å². The standard InChI is InChI=1S/C31H37N3O/c1-2-3-4-5-6-7-8-14-23-35-28-21-19-26(20-22-28)24-32-31-33-29-17-12-13-18-30(29)34(31)25-27-15-10-9-11-16-27/h9-13,15-22,24H,2-8,14,23,25H2,1H3/b32-24+. The molecule has 0 aliphatic carbocycles. The van der Waals surface area contributed by atoms with E-state index < -0.39 is 0 Å². The Morgan fingerprint density at radius 3 is 2.23 bits per heavy atom. The Labute approximate surface area is 209 Å². The Morgan fingerprint density at radius 1 is 0.771 bits per heavy atom. The molecule has 1 heterocycles. The number of imidazole rings is 1. The highest BCUT2D eigenvalue weighted by molar-refractivity contribution is 5.84. The molecule has 4 aromatic rings. The van der Waals surface area contributed by atoms with Crippen molar-refractivity contribution < 1.29 is 4.74 Å². The average molecular weight is 468 g/mol. The van der Waals surface area contributed by atoms with Crippen molar-refractivity contribution in [3.8, 4) is 5.75 Å². The highest BCUT2D eigenvalue weighted by Gasteiger charge is 2.09. The molecule has 0 saturated heterocycles. The quantitative estimate of drug-likeness (QED) is 0.138. The molecule has 3 aromatic carbocycles. The number of benzene rings is 3. The van der Waals surface area contributed by atoms with Crippen molar-refractivity contribution in [2.24, 2.45) is 4.99 Å². The maximum Gasteiger partial charge on any atom is 0.230 e. The number of fused-ring (bicyclic) bond motifs is 1. The molecule has 4 heteroatoms. The Hall–Kier alpha value is -3.40. The van der Waals surface area contributed by atoms with Crippen LogP contribution >= 0.6 is 0 Å². The van der Waals surface area contributed by atoms with Crippen LogP contribution in [-0.2, 0) is 6.54 Å². The molecule has 0 atom stereocenters. The second-order valence-corrected chi connectivity index (χ2v) is 9.12. The first-order valence-electron chi connectivity index (χ1n) is 13.1. The summed E-state index contributed by atoms with van der Waals surface area (Å²) < 4.78 is 8.10. The molecule has 0 aliphatic rings. The number of aromatic nitrogens is 2. The summed E-state index contributed by atoms with van der Waals surface area (Å²) in [6.45, 7) is 3.78. The monoisotopic (exact) mass is 467 g/mol. The van der Waals surface area contributed by atoms with Gasteiger partial charge in [-0.3, -0.25) is 0 Å². The van der Waals surface area contributed by atoms with E-state index >= 15 is 0 Å². The van der Waals surface area contributed by atoms with Gasteiger partial charge in [-0.1, -0.05) is 94.3 Å². The van der Waals surface area contributed by atoms with Crippen LogP contribution in [-0.4, -0.2) is 22.4 Å².